The Morgan fingerprint density at radius 3 is 0.750 bits per heavy atom. The molecule has 344 valence electrons. The zero-order valence-electron chi connectivity index (χ0n) is 42.8. The van der Waals surface area contributed by atoms with Crippen LogP contribution in [0.15, 0.2) is 158 Å². The molecule has 0 amide bonds. The summed E-state index contributed by atoms with van der Waals surface area (Å²) in [5.74, 6) is 0. The van der Waals surface area contributed by atoms with Gasteiger partial charge in [-0.05, 0) is 140 Å². The normalized spacial score (nSPS) is 12.9. The number of aromatic nitrogens is 2. The van der Waals surface area contributed by atoms with Crippen LogP contribution >= 0.6 is 0 Å². The first-order valence-corrected chi connectivity index (χ1v) is 24.5. The Morgan fingerprint density at radius 1 is 0.265 bits per heavy atom. The van der Waals surface area contributed by atoms with Crippen LogP contribution in [0.3, 0.4) is 0 Å². The van der Waals surface area contributed by atoms with Gasteiger partial charge in [-0.15, -0.1) is 0 Å². The molecule has 0 aliphatic heterocycles. The van der Waals surface area contributed by atoms with Crippen LogP contribution < -0.4 is 9.80 Å². The minimum atomic E-state index is 0.0725. The fourth-order valence-electron chi connectivity index (χ4n) is 10.4. The third kappa shape index (κ3) is 7.72. The van der Waals surface area contributed by atoms with E-state index in [1.54, 1.807) is 0 Å². The van der Waals surface area contributed by atoms with Crippen LogP contribution in [-0.2, 0) is 35.8 Å². The van der Waals surface area contributed by atoms with Crippen molar-refractivity contribution in [3.63, 3.8) is 0 Å². The molecule has 0 unspecified atom stereocenters. The Kier molecular flexibility index (Phi) is 10.5. The predicted molar refractivity (Wildman–Crippen MR) is 296 cm³/mol. The third-order valence-electron chi connectivity index (χ3n) is 14.6. The van der Waals surface area contributed by atoms with Crippen molar-refractivity contribution in [3.05, 3.63) is 180 Å². The summed E-state index contributed by atoms with van der Waals surface area (Å²) in [6, 6.07) is 60.0. The second kappa shape index (κ2) is 15.9. The van der Waals surface area contributed by atoms with E-state index in [-0.39, 0.29) is 21.7 Å². The smallest absolute Gasteiger partial charge is 0.0509 e. The first-order valence-electron chi connectivity index (χ1n) is 24.5. The molecule has 68 heavy (non-hydrogen) atoms. The first kappa shape index (κ1) is 45.0. The highest BCUT2D eigenvalue weighted by molar-refractivity contribution is 6.29. The fourth-order valence-corrected chi connectivity index (χ4v) is 10.4. The van der Waals surface area contributed by atoms with Crippen LogP contribution in [0.1, 0.15) is 105 Å². The lowest BCUT2D eigenvalue weighted by molar-refractivity contribution is 0.590. The van der Waals surface area contributed by atoms with Crippen LogP contribution in [0.25, 0.3) is 54.4 Å². The molecule has 0 spiro atoms. The molecule has 0 bridgehead atoms. The van der Waals surface area contributed by atoms with Gasteiger partial charge in [0.2, 0.25) is 0 Å². The van der Waals surface area contributed by atoms with Crippen molar-refractivity contribution in [2.24, 2.45) is 14.1 Å². The second-order valence-electron chi connectivity index (χ2n) is 23.4. The molecule has 0 N–H and O–H groups in total. The van der Waals surface area contributed by atoms with E-state index in [1.807, 2.05) is 0 Å². The molecule has 0 saturated heterocycles. The molecule has 10 aromatic rings. The second-order valence-corrected chi connectivity index (χ2v) is 23.4. The van der Waals surface area contributed by atoms with Gasteiger partial charge in [0.05, 0.1) is 11.0 Å². The number of nitrogens with zero attached hydrogens (tertiary/aromatic N) is 4. The van der Waals surface area contributed by atoms with E-state index >= 15 is 0 Å². The van der Waals surface area contributed by atoms with Gasteiger partial charge in [-0.2, -0.15) is 0 Å². The highest BCUT2D eigenvalue weighted by atomic mass is 15.1. The summed E-state index contributed by atoms with van der Waals surface area (Å²) in [5.41, 5.74) is 17.3. The Hall–Kier alpha value is -6.78. The molecule has 2 aromatic heterocycles. The molecule has 0 atom stereocenters. The first-order chi connectivity index (χ1) is 32.1. The average Bonchev–Trinajstić information content (AvgIpc) is 3.75. The summed E-state index contributed by atoms with van der Waals surface area (Å²) in [7, 11) is 4.44. The summed E-state index contributed by atoms with van der Waals surface area (Å²) < 4.78 is 4.76. The molecule has 0 aliphatic rings. The van der Waals surface area contributed by atoms with Gasteiger partial charge < -0.3 is 18.9 Å². The summed E-state index contributed by atoms with van der Waals surface area (Å²) in [6.45, 7) is 27.3. The number of hydrogen-bond donors (Lipinski definition) is 0. The van der Waals surface area contributed by atoms with E-state index in [4.69, 9.17) is 0 Å². The number of hydrogen-bond acceptors (Lipinski definition) is 2. The molecule has 0 radical (unpaired) electrons. The number of benzene rings is 8. The van der Waals surface area contributed by atoms with Crippen LogP contribution in [-0.4, -0.2) is 9.13 Å². The third-order valence-corrected chi connectivity index (χ3v) is 14.6. The maximum absolute atomic E-state index is 2.41. The van der Waals surface area contributed by atoms with Crippen molar-refractivity contribution in [2.75, 3.05) is 9.80 Å². The molecule has 0 aliphatic carbocycles. The Bertz CT molecular complexity index is 3160. The topological polar surface area (TPSA) is 16.3 Å². The average molecular weight is 893 g/mol. The molecular formula is C64H68N4. The molecule has 0 fully saturated rings. The van der Waals surface area contributed by atoms with Crippen LogP contribution in [0.4, 0.5) is 34.1 Å². The van der Waals surface area contributed by atoms with Gasteiger partial charge in [-0.1, -0.05) is 156 Å². The van der Waals surface area contributed by atoms with Crippen LogP contribution in [0.2, 0.25) is 0 Å². The van der Waals surface area contributed by atoms with Crippen molar-refractivity contribution in [1.29, 1.82) is 0 Å². The summed E-state index contributed by atoms with van der Waals surface area (Å²) in [4.78, 5) is 4.82. The Morgan fingerprint density at radius 2 is 0.500 bits per heavy atom. The summed E-state index contributed by atoms with van der Waals surface area (Å²) >= 11 is 0. The van der Waals surface area contributed by atoms with Crippen molar-refractivity contribution in [2.45, 2.75) is 105 Å². The molecule has 4 nitrogen and oxygen atoms in total. The lowest BCUT2D eigenvalue weighted by Gasteiger charge is -2.28. The van der Waals surface area contributed by atoms with Crippen molar-refractivity contribution in [3.8, 4) is 0 Å². The highest BCUT2D eigenvalue weighted by Gasteiger charge is 2.24. The number of anilines is 6. The fraction of sp³-hybridized carbons (Fsp3) is 0.281. The van der Waals surface area contributed by atoms with Crippen molar-refractivity contribution < 1.29 is 0 Å². The SMILES string of the molecule is Cn1c2cc(N(c3ccc(C(C)(C)C)cc3)c3ccc(C(C)(C)C)cc3)ccc2c2c3ccc4c(c3ccc21)c1ccc(N(c2ccc(C(C)(C)C)cc2)c2ccc(C(C)(C)C)cc2)cc1n4C. The standard InChI is InChI=1S/C64H68N4/c1-61(2,3)41-15-23-45(24-16-41)67(46-25-17-42(18-26-46)62(4,5)6)49-31-33-53-57(39-49)65(13)55-37-35-52-51(59(53)55)36-38-56-60(52)54-34-32-50(40-58(54)66(56)14)68(47-27-19-43(20-28-47)63(7,8)9)48-29-21-44(22-30-48)64(10,11)12/h15-40H,1-14H3. The largest absolute Gasteiger partial charge is 0.344 e. The van der Waals surface area contributed by atoms with Crippen molar-refractivity contribution >= 4 is 88.5 Å². The highest BCUT2D eigenvalue weighted by Crippen LogP contribution is 2.45. The van der Waals surface area contributed by atoms with Crippen LogP contribution in [0, 0.1) is 0 Å². The summed E-state index contributed by atoms with van der Waals surface area (Å²) in [6.07, 6.45) is 0. The molecule has 8 aromatic carbocycles. The number of fused-ring (bicyclic) bond motifs is 9. The van der Waals surface area contributed by atoms with Gasteiger partial charge in [-0.3, -0.25) is 0 Å². The van der Waals surface area contributed by atoms with Gasteiger partial charge in [-0.25, -0.2) is 0 Å². The van der Waals surface area contributed by atoms with Gasteiger partial charge in [0, 0.05) is 80.8 Å². The minimum Gasteiger partial charge on any atom is -0.344 e. The molecule has 4 heteroatoms. The maximum Gasteiger partial charge on any atom is 0.0509 e. The van der Waals surface area contributed by atoms with E-state index in [0.717, 1.165) is 34.1 Å². The lowest BCUT2D eigenvalue weighted by atomic mass is 9.86. The zero-order valence-corrected chi connectivity index (χ0v) is 42.8. The number of rotatable bonds is 6. The van der Waals surface area contributed by atoms with Gasteiger partial charge in [0.1, 0.15) is 0 Å². The van der Waals surface area contributed by atoms with Crippen LogP contribution in [0.5, 0.6) is 0 Å². The van der Waals surface area contributed by atoms with E-state index in [2.05, 4.69) is 274 Å². The zero-order chi connectivity index (χ0) is 48.2. The van der Waals surface area contributed by atoms with Gasteiger partial charge in [0.15, 0.2) is 0 Å². The Labute approximate surface area is 404 Å². The lowest BCUT2D eigenvalue weighted by Crippen LogP contribution is -2.14. The van der Waals surface area contributed by atoms with E-state index in [1.165, 1.54) is 76.6 Å². The van der Waals surface area contributed by atoms with Gasteiger partial charge >= 0.3 is 0 Å². The quantitative estimate of drug-likeness (QED) is 0.165. The predicted octanol–water partition coefficient (Wildman–Crippen LogP) is 18.3. The monoisotopic (exact) mass is 893 g/mol. The van der Waals surface area contributed by atoms with E-state index in [9.17, 15) is 0 Å². The maximum atomic E-state index is 2.41. The molecule has 0 saturated carbocycles. The molecule has 2 heterocycles. The molecular weight excluding hydrogens is 825 g/mol. The van der Waals surface area contributed by atoms with Gasteiger partial charge in [0.25, 0.3) is 0 Å². The number of aryl methyl sites for hydroxylation is 2. The minimum absolute atomic E-state index is 0.0725. The molecule has 10 rings (SSSR count). The Balaban J connectivity index is 1.11. The van der Waals surface area contributed by atoms with Crippen molar-refractivity contribution in [1.82, 2.24) is 9.13 Å². The van der Waals surface area contributed by atoms with E-state index < -0.39 is 0 Å². The van der Waals surface area contributed by atoms with E-state index in [0.29, 0.717) is 0 Å². The summed E-state index contributed by atoms with van der Waals surface area (Å²) in [5, 5.41) is 7.65.